The van der Waals surface area contributed by atoms with Gasteiger partial charge in [-0.3, -0.25) is 9.59 Å². The van der Waals surface area contributed by atoms with Gasteiger partial charge in [-0.25, -0.2) is 4.79 Å². The van der Waals surface area contributed by atoms with E-state index in [0.717, 1.165) is 0 Å². The van der Waals surface area contributed by atoms with Gasteiger partial charge in [0.2, 0.25) is 11.8 Å². The number of nitriles is 1. The lowest BCUT2D eigenvalue weighted by Crippen LogP contribution is -2.51. The van der Waals surface area contributed by atoms with E-state index in [2.05, 4.69) is 15.4 Å². The molecule has 2 amide bonds. The van der Waals surface area contributed by atoms with Gasteiger partial charge in [0.1, 0.15) is 12.1 Å². The van der Waals surface area contributed by atoms with Gasteiger partial charge in [0, 0.05) is 18.8 Å². The maximum Gasteiger partial charge on any atom is 0.328 e. The largest absolute Gasteiger partial charge is 0.467 e. The molecule has 19 heavy (non-hydrogen) atoms. The van der Waals surface area contributed by atoms with Crippen molar-refractivity contribution in [3.05, 3.63) is 0 Å². The summed E-state index contributed by atoms with van der Waals surface area (Å²) in [4.78, 5) is 34.6. The molecule has 7 nitrogen and oxygen atoms in total. The second-order valence-electron chi connectivity index (χ2n) is 4.51. The zero-order valence-corrected chi connectivity index (χ0v) is 10.9. The normalized spacial score (nSPS) is 20.9. The number of hydrogen-bond donors (Lipinski definition) is 2. The molecular formula is C12H17N3O4. The number of rotatable bonds is 5. The molecule has 0 aromatic rings. The van der Waals surface area contributed by atoms with Gasteiger partial charge in [-0.1, -0.05) is 6.92 Å². The SMILES string of the molecule is COC(=O)[C@@H](NC(=O)[C@@H]1CCC(=O)N1)[C@@H](C)CC#N. The Labute approximate surface area is 111 Å². The third-order valence-electron chi connectivity index (χ3n) is 3.05. The highest BCUT2D eigenvalue weighted by molar-refractivity contribution is 5.93. The van der Waals surface area contributed by atoms with Crippen molar-refractivity contribution in [2.75, 3.05) is 7.11 Å². The van der Waals surface area contributed by atoms with Crippen molar-refractivity contribution in [2.45, 2.75) is 38.3 Å². The Hall–Kier alpha value is -2.10. The third-order valence-corrected chi connectivity index (χ3v) is 3.05. The first-order valence-corrected chi connectivity index (χ1v) is 6.04. The minimum atomic E-state index is -0.880. The number of carbonyl (C=O) groups excluding carboxylic acids is 3. The lowest BCUT2D eigenvalue weighted by atomic mass is 9.98. The fraction of sp³-hybridized carbons (Fsp3) is 0.667. The van der Waals surface area contributed by atoms with E-state index in [1.54, 1.807) is 6.92 Å². The highest BCUT2D eigenvalue weighted by atomic mass is 16.5. The van der Waals surface area contributed by atoms with Crippen molar-refractivity contribution in [3.8, 4) is 6.07 Å². The summed E-state index contributed by atoms with van der Waals surface area (Å²) in [6.07, 6.45) is 0.830. The molecule has 0 aromatic carbocycles. The van der Waals surface area contributed by atoms with Crippen LogP contribution in [0.1, 0.15) is 26.2 Å². The number of esters is 1. The summed E-state index contributed by atoms with van der Waals surface area (Å²) in [6, 6.07) is 0.451. The monoisotopic (exact) mass is 267 g/mol. The number of hydrogen-bond acceptors (Lipinski definition) is 5. The zero-order valence-electron chi connectivity index (χ0n) is 10.9. The molecule has 0 unspecified atom stereocenters. The third kappa shape index (κ3) is 3.95. The minimum Gasteiger partial charge on any atom is -0.467 e. The first-order valence-electron chi connectivity index (χ1n) is 6.04. The number of ether oxygens (including phenoxy) is 1. The van der Waals surface area contributed by atoms with Gasteiger partial charge in [-0.2, -0.15) is 5.26 Å². The second kappa shape index (κ2) is 6.73. The number of carbonyl (C=O) groups is 3. The van der Waals surface area contributed by atoms with Crippen molar-refractivity contribution in [1.29, 1.82) is 5.26 Å². The van der Waals surface area contributed by atoms with Crippen LogP contribution in [-0.4, -0.2) is 37.0 Å². The molecule has 0 aliphatic carbocycles. The predicted octanol–water partition coefficient (Wildman–Crippen LogP) is -0.527. The van der Waals surface area contributed by atoms with Crippen molar-refractivity contribution in [2.24, 2.45) is 5.92 Å². The standard InChI is InChI=1S/C12H17N3O4/c1-7(5-6-13)10(12(18)19-2)15-11(17)8-3-4-9(16)14-8/h7-8,10H,3-5H2,1-2H3,(H,14,16)(H,15,17)/t7-,8-,10-/m0/s1. The van der Waals surface area contributed by atoms with E-state index in [-0.39, 0.29) is 18.2 Å². The molecule has 0 spiro atoms. The van der Waals surface area contributed by atoms with Gasteiger partial charge in [0.25, 0.3) is 0 Å². The molecule has 1 rings (SSSR count). The summed E-state index contributed by atoms with van der Waals surface area (Å²) in [5.74, 6) is -1.56. The highest BCUT2D eigenvalue weighted by Gasteiger charge is 2.33. The molecule has 2 N–H and O–H groups in total. The Bertz CT molecular complexity index is 416. The molecule has 0 radical (unpaired) electrons. The summed E-state index contributed by atoms with van der Waals surface area (Å²) < 4.78 is 4.61. The smallest absolute Gasteiger partial charge is 0.328 e. The van der Waals surface area contributed by atoms with Crippen molar-refractivity contribution in [3.63, 3.8) is 0 Å². The fourth-order valence-electron chi connectivity index (χ4n) is 1.89. The highest BCUT2D eigenvalue weighted by Crippen LogP contribution is 2.12. The number of nitrogens with zero attached hydrogens (tertiary/aromatic N) is 1. The van der Waals surface area contributed by atoms with E-state index >= 15 is 0 Å². The van der Waals surface area contributed by atoms with Gasteiger partial charge < -0.3 is 15.4 Å². The average Bonchev–Trinajstić information content (AvgIpc) is 2.81. The summed E-state index contributed by atoms with van der Waals surface area (Å²) in [5, 5.41) is 13.7. The molecule has 1 heterocycles. The maximum atomic E-state index is 11.9. The van der Waals surface area contributed by atoms with Crippen LogP contribution in [-0.2, 0) is 19.1 Å². The average molecular weight is 267 g/mol. The van der Waals surface area contributed by atoms with Crippen LogP contribution in [0.25, 0.3) is 0 Å². The molecule has 1 fully saturated rings. The van der Waals surface area contributed by atoms with Gasteiger partial charge in [-0.05, 0) is 6.42 Å². The molecule has 7 heteroatoms. The van der Waals surface area contributed by atoms with Crippen LogP contribution in [0.2, 0.25) is 0 Å². The lowest BCUT2D eigenvalue weighted by Gasteiger charge is -2.22. The summed E-state index contributed by atoms with van der Waals surface area (Å²) in [5.41, 5.74) is 0. The molecule has 3 atom stereocenters. The summed E-state index contributed by atoms with van der Waals surface area (Å²) in [6.45, 7) is 1.68. The van der Waals surface area contributed by atoms with E-state index < -0.39 is 24.0 Å². The number of methoxy groups -OCH3 is 1. The van der Waals surface area contributed by atoms with E-state index in [0.29, 0.717) is 12.8 Å². The van der Waals surface area contributed by atoms with Crippen LogP contribution in [0.3, 0.4) is 0 Å². The molecular weight excluding hydrogens is 250 g/mol. The Morgan fingerprint density at radius 2 is 2.32 bits per heavy atom. The van der Waals surface area contributed by atoms with Crippen molar-refractivity contribution in [1.82, 2.24) is 10.6 Å². The van der Waals surface area contributed by atoms with Gasteiger partial charge in [-0.15, -0.1) is 0 Å². The van der Waals surface area contributed by atoms with E-state index in [1.807, 2.05) is 6.07 Å². The van der Waals surface area contributed by atoms with E-state index in [1.165, 1.54) is 7.11 Å². The molecule has 0 saturated carbocycles. The van der Waals surface area contributed by atoms with Crippen LogP contribution < -0.4 is 10.6 Å². The number of amides is 2. The molecule has 0 aromatic heterocycles. The Morgan fingerprint density at radius 3 is 2.79 bits per heavy atom. The molecule has 104 valence electrons. The molecule has 1 saturated heterocycles. The van der Waals surface area contributed by atoms with Crippen LogP contribution in [0.4, 0.5) is 0 Å². The van der Waals surface area contributed by atoms with Crippen LogP contribution >= 0.6 is 0 Å². The predicted molar refractivity (Wildman–Crippen MR) is 64.5 cm³/mol. The van der Waals surface area contributed by atoms with Gasteiger partial charge in [0.15, 0.2) is 0 Å². The van der Waals surface area contributed by atoms with Crippen molar-refractivity contribution >= 4 is 17.8 Å². The molecule has 1 aliphatic rings. The zero-order chi connectivity index (χ0) is 14.4. The summed E-state index contributed by atoms with van der Waals surface area (Å²) in [7, 11) is 1.22. The van der Waals surface area contributed by atoms with Crippen LogP contribution in [0.5, 0.6) is 0 Å². The molecule has 0 bridgehead atoms. The Kier molecular flexibility index (Phi) is 5.30. The Balaban J connectivity index is 2.66. The minimum absolute atomic E-state index is 0.122. The molecule has 1 aliphatic heterocycles. The summed E-state index contributed by atoms with van der Waals surface area (Å²) >= 11 is 0. The van der Waals surface area contributed by atoms with Gasteiger partial charge >= 0.3 is 5.97 Å². The first kappa shape index (κ1) is 15.0. The lowest BCUT2D eigenvalue weighted by molar-refractivity contribution is -0.146. The van der Waals surface area contributed by atoms with Crippen LogP contribution in [0.15, 0.2) is 0 Å². The number of nitrogens with one attached hydrogen (secondary N) is 2. The fourth-order valence-corrected chi connectivity index (χ4v) is 1.89. The van der Waals surface area contributed by atoms with E-state index in [9.17, 15) is 14.4 Å². The van der Waals surface area contributed by atoms with Crippen molar-refractivity contribution < 1.29 is 19.1 Å². The second-order valence-corrected chi connectivity index (χ2v) is 4.51. The Morgan fingerprint density at radius 1 is 1.63 bits per heavy atom. The van der Waals surface area contributed by atoms with E-state index in [4.69, 9.17) is 5.26 Å². The maximum absolute atomic E-state index is 11.9. The quantitative estimate of drug-likeness (QED) is 0.651. The topological polar surface area (TPSA) is 108 Å². The van der Waals surface area contributed by atoms with Crippen LogP contribution in [0, 0.1) is 17.2 Å². The first-order chi connectivity index (χ1) is 8.99. The van der Waals surface area contributed by atoms with Gasteiger partial charge in [0.05, 0.1) is 13.2 Å².